The lowest BCUT2D eigenvalue weighted by atomic mass is 10.0. The molecule has 1 atom stereocenters. The highest BCUT2D eigenvalue weighted by Gasteiger charge is 2.15. The highest BCUT2D eigenvalue weighted by atomic mass is 35.5. The van der Waals surface area contributed by atoms with Crippen LogP contribution in [0.25, 0.3) is 0 Å². The second kappa shape index (κ2) is 7.69. The zero-order valence-electron chi connectivity index (χ0n) is 11.9. The minimum Gasteiger partial charge on any atom is -0.494 e. The molecule has 0 bridgehead atoms. The van der Waals surface area contributed by atoms with Crippen LogP contribution in [-0.4, -0.2) is 11.7 Å². The van der Waals surface area contributed by atoms with Crippen LogP contribution in [0, 0.1) is 0 Å². The molecule has 2 nitrogen and oxygen atoms in total. The van der Waals surface area contributed by atoms with Crippen LogP contribution in [0.1, 0.15) is 37.0 Å². The van der Waals surface area contributed by atoms with Crippen LogP contribution >= 0.6 is 23.2 Å². The van der Waals surface area contributed by atoms with Gasteiger partial charge in [-0.15, -0.1) is 0 Å². The number of benzene rings is 2. The van der Waals surface area contributed by atoms with E-state index < -0.39 is 6.10 Å². The number of ether oxygens (including phenoxy) is 1. The van der Waals surface area contributed by atoms with Gasteiger partial charge in [0.15, 0.2) is 0 Å². The first-order valence-electron chi connectivity index (χ1n) is 6.98. The molecule has 2 aromatic rings. The molecule has 0 radical (unpaired) electrons. The van der Waals surface area contributed by atoms with Gasteiger partial charge in [-0.05, 0) is 30.2 Å². The Labute approximate surface area is 135 Å². The Kier molecular flexibility index (Phi) is 5.92. The van der Waals surface area contributed by atoms with Crippen molar-refractivity contribution in [2.45, 2.75) is 25.9 Å². The second-order valence-electron chi connectivity index (χ2n) is 4.82. The molecule has 0 heterocycles. The summed E-state index contributed by atoms with van der Waals surface area (Å²) in [7, 11) is 0. The van der Waals surface area contributed by atoms with Crippen molar-refractivity contribution in [3.63, 3.8) is 0 Å². The molecule has 1 N–H and O–H groups in total. The lowest BCUT2D eigenvalue weighted by Crippen LogP contribution is -2.01. The maximum Gasteiger partial charge on any atom is 0.119 e. The number of unbranched alkanes of at least 4 members (excludes halogenated alkanes) is 1. The van der Waals surface area contributed by atoms with Gasteiger partial charge >= 0.3 is 0 Å². The molecule has 0 saturated carbocycles. The van der Waals surface area contributed by atoms with E-state index >= 15 is 0 Å². The molecular formula is C17H18Cl2O2. The van der Waals surface area contributed by atoms with E-state index in [9.17, 15) is 5.11 Å². The van der Waals surface area contributed by atoms with Crippen LogP contribution in [0.15, 0.2) is 42.5 Å². The molecule has 0 fully saturated rings. The predicted molar refractivity (Wildman–Crippen MR) is 87.4 cm³/mol. The van der Waals surface area contributed by atoms with Crippen molar-refractivity contribution in [3.8, 4) is 5.75 Å². The van der Waals surface area contributed by atoms with Crippen LogP contribution in [0.3, 0.4) is 0 Å². The summed E-state index contributed by atoms with van der Waals surface area (Å²) in [6, 6.07) is 12.6. The molecule has 0 spiro atoms. The third-order valence-electron chi connectivity index (χ3n) is 3.24. The highest BCUT2D eigenvalue weighted by Crippen LogP contribution is 2.33. The molecule has 0 aliphatic carbocycles. The van der Waals surface area contributed by atoms with E-state index in [4.69, 9.17) is 27.9 Å². The third kappa shape index (κ3) is 4.13. The molecule has 21 heavy (non-hydrogen) atoms. The van der Waals surface area contributed by atoms with Crippen molar-refractivity contribution in [2.24, 2.45) is 0 Å². The second-order valence-corrected chi connectivity index (χ2v) is 5.60. The fourth-order valence-corrected chi connectivity index (χ4v) is 2.40. The van der Waals surface area contributed by atoms with Gasteiger partial charge in [0.05, 0.1) is 16.7 Å². The number of halogens is 2. The van der Waals surface area contributed by atoms with E-state index in [0.29, 0.717) is 22.2 Å². The third-order valence-corrected chi connectivity index (χ3v) is 4.07. The van der Waals surface area contributed by atoms with Crippen molar-refractivity contribution in [2.75, 3.05) is 6.61 Å². The number of rotatable bonds is 6. The quantitative estimate of drug-likeness (QED) is 0.735. The Morgan fingerprint density at radius 1 is 1.10 bits per heavy atom. The smallest absolute Gasteiger partial charge is 0.119 e. The molecule has 0 aliphatic rings. The van der Waals surface area contributed by atoms with E-state index in [1.807, 2.05) is 24.3 Å². The summed E-state index contributed by atoms with van der Waals surface area (Å²) in [5.74, 6) is 0.802. The van der Waals surface area contributed by atoms with E-state index in [-0.39, 0.29) is 0 Å². The molecule has 1 unspecified atom stereocenters. The number of hydrogen-bond donors (Lipinski definition) is 1. The zero-order chi connectivity index (χ0) is 15.2. The van der Waals surface area contributed by atoms with Gasteiger partial charge in [0.25, 0.3) is 0 Å². The van der Waals surface area contributed by atoms with Gasteiger partial charge < -0.3 is 9.84 Å². The molecular weight excluding hydrogens is 307 g/mol. The Hall–Kier alpha value is -1.22. The molecule has 0 aromatic heterocycles. The van der Waals surface area contributed by atoms with E-state index in [0.717, 1.165) is 24.2 Å². The molecule has 4 heteroatoms. The molecule has 0 saturated heterocycles. The summed E-state index contributed by atoms with van der Waals surface area (Å²) in [6.45, 7) is 2.83. The molecule has 2 aromatic carbocycles. The zero-order valence-corrected chi connectivity index (χ0v) is 13.4. The van der Waals surface area contributed by atoms with Gasteiger partial charge in [-0.2, -0.15) is 0 Å². The largest absolute Gasteiger partial charge is 0.494 e. The van der Waals surface area contributed by atoms with Gasteiger partial charge in [0, 0.05) is 5.56 Å². The first kappa shape index (κ1) is 16.2. The van der Waals surface area contributed by atoms with Crippen molar-refractivity contribution in [3.05, 3.63) is 63.6 Å². The van der Waals surface area contributed by atoms with Gasteiger partial charge in [0.2, 0.25) is 0 Å². The summed E-state index contributed by atoms with van der Waals surface area (Å²) in [5, 5.41) is 11.2. The monoisotopic (exact) mass is 324 g/mol. The van der Waals surface area contributed by atoms with Gasteiger partial charge in [-0.3, -0.25) is 0 Å². The van der Waals surface area contributed by atoms with E-state index in [1.54, 1.807) is 18.2 Å². The molecule has 0 aliphatic heterocycles. The summed E-state index contributed by atoms with van der Waals surface area (Å²) < 4.78 is 5.60. The van der Waals surface area contributed by atoms with Crippen molar-refractivity contribution >= 4 is 23.2 Å². The van der Waals surface area contributed by atoms with E-state index in [2.05, 4.69) is 6.92 Å². The van der Waals surface area contributed by atoms with Gasteiger partial charge in [0.1, 0.15) is 11.9 Å². The summed E-state index contributed by atoms with van der Waals surface area (Å²) in [4.78, 5) is 0. The van der Waals surface area contributed by atoms with Crippen molar-refractivity contribution in [1.82, 2.24) is 0 Å². The van der Waals surface area contributed by atoms with Crippen molar-refractivity contribution < 1.29 is 9.84 Å². The minimum atomic E-state index is -0.805. The average Bonchev–Trinajstić information content (AvgIpc) is 2.50. The predicted octanol–water partition coefficient (Wildman–Crippen LogP) is 5.25. The first-order chi connectivity index (χ1) is 10.1. The number of hydrogen-bond acceptors (Lipinski definition) is 2. The van der Waals surface area contributed by atoms with Crippen molar-refractivity contribution in [1.29, 1.82) is 0 Å². The average molecular weight is 325 g/mol. The van der Waals surface area contributed by atoms with E-state index in [1.165, 1.54) is 0 Å². The van der Waals surface area contributed by atoms with Gasteiger partial charge in [-0.1, -0.05) is 60.8 Å². The Bertz CT molecular complexity index is 582. The number of aliphatic hydroxyl groups is 1. The minimum absolute atomic E-state index is 0.384. The normalized spacial score (nSPS) is 12.2. The van der Waals surface area contributed by atoms with Crippen LogP contribution in [-0.2, 0) is 0 Å². The molecule has 112 valence electrons. The standard InChI is InChI=1S/C17H18Cl2O2/c1-2-3-11-21-13-9-7-12(8-10-13)17(20)14-5-4-6-15(18)16(14)19/h4-10,17,20H,2-3,11H2,1H3. The Balaban J connectivity index is 2.12. The molecule has 0 amide bonds. The summed E-state index contributed by atoms with van der Waals surface area (Å²) in [6.07, 6.45) is 1.33. The SMILES string of the molecule is CCCCOc1ccc(C(O)c2cccc(Cl)c2Cl)cc1. The fourth-order valence-electron chi connectivity index (χ4n) is 1.99. The summed E-state index contributed by atoms with van der Waals surface area (Å²) >= 11 is 12.1. The lowest BCUT2D eigenvalue weighted by molar-refractivity contribution is 0.220. The van der Waals surface area contributed by atoms with Crippen LogP contribution in [0.5, 0.6) is 5.75 Å². The number of aliphatic hydroxyl groups excluding tert-OH is 1. The maximum absolute atomic E-state index is 10.4. The Morgan fingerprint density at radius 2 is 1.81 bits per heavy atom. The topological polar surface area (TPSA) is 29.5 Å². The van der Waals surface area contributed by atoms with Crippen LogP contribution in [0.2, 0.25) is 10.0 Å². The molecule has 2 rings (SSSR count). The first-order valence-corrected chi connectivity index (χ1v) is 7.73. The Morgan fingerprint density at radius 3 is 2.48 bits per heavy atom. The fraction of sp³-hybridized carbons (Fsp3) is 0.294. The lowest BCUT2D eigenvalue weighted by Gasteiger charge is -2.14. The van der Waals surface area contributed by atoms with Crippen LogP contribution < -0.4 is 4.74 Å². The maximum atomic E-state index is 10.4. The van der Waals surface area contributed by atoms with Crippen LogP contribution in [0.4, 0.5) is 0 Å². The highest BCUT2D eigenvalue weighted by molar-refractivity contribution is 6.42. The van der Waals surface area contributed by atoms with Gasteiger partial charge in [-0.25, -0.2) is 0 Å². The summed E-state index contributed by atoms with van der Waals surface area (Å²) in [5.41, 5.74) is 1.35.